The van der Waals surface area contributed by atoms with Crippen molar-refractivity contribution in [2.75, 3.05) is 6.54 Å². The molecular formula is C18H25NO. The third kappa shape index (κ3) is 3.31. The molecule has 2 nitrogen and oxygen atoms in total. The van der Waals surface area contributed by atoms with Crippen molar-refractivity contribution in [1.29, 1.82) is 0 Å². The molecule has 0 bridgehead atoms. The number of aryl methyl sites for hydroxylation is 3. The summed E-state index contributed by atoms with van der Waals surface area (Å²) in [6, 6.07) is 11.1. The molecule has 2 aromatic rings. The predicted octanol–water partition coefficient (Wildman–Crippen LogP) is 4.49. The first-order chi connectivity index (χ1) is 9.63. The molecule has 0 aliphatic heterocycles. The Kier molecular flexibility index (Phi) is 5.02. The zero-order valence-corrected chi connectivity index (χ0v) is 13.0. The van der Waals surface area contributed by atoms with Crippen molar-refractivity contribution >= 4 is 0 Å². The van der Waals surface area contributed by atoms with Gasteiger partial charge in [-0.2, -0.15) is 0 Å². The van der Waals surface area contributed by atoms with Gasteiger partial charge in [0.05, 0.1) is 0 Å². The second-order valence-electron chi connectivity index (χ2n) is 5.39. The molecule has 2 heteroatoms. The minimum atomic E-state index is 0.373. The summed E-state index contributed by atoms with van der Waals surface area (Å²) in [5.74, 6) is 2.10. The molecule has 20 heavy (non-hydrogen) atoms. The molecule has 0 amide bonds. The maximum Gasteiger partial charge on any atom is 0.106 e. The van der Waals surface area contributed by atoms with E-state index in [1.54, 1.807) is 0 Å². The van der Waals surface area contributed by atoms with E-state index in [1.807, 2.05) is 6.92 Å². The molecule has 0 aliphatic rings. The smallest absolute Gasteiger partial charge is 0.106 e. The van der Waals surface area contributed by atoms with Crippen molar-refractivity contribution in [2.24, 2.45) is 0 Å². The molecule has 1 atom stereocenters. The Labute approximate surface area is 122 Å². The Morgan fingerprint density at radius 1 is 1.05 bits per heavy atom. The van der Waals surface area contributed by atoms with Gasteiger partial charge in [0.15, 0.2) is 0 Å². The summed E-state index contributed by atoms with van der Waals surface area (Å²) < 4.78 is 5.78. The van der Waals surface area contributed by atoms with Gasteiger partial charge in [-0.1, -0.05) is 37.3 Å². The van der Waals surface area contributed by atoms with E-state index in [1.165, 1.54) is 16.7 Å². The molecule has 1 N–H and O–H groups in total. The van der Waals surface area contributed by atoms with Crippen LogP contribution in [0.15, 0.2) is 34.7 Å². The molecule has 0 saturated heterocycles. The van der Waals surface area contributed by atoms with E-state index in [4.69, 9.17) is 4.42 Å². The molecule has 1 aromatic heterocycles. The Morgan fingerprint density at radius 2 is 1.75 bits per heavy atom. The summed E-state index contributed by atoms with van der Waals surface area (Å²) >= 11 is 0. The minimum absolute atomic E-state index is 0.373. The van der Waals surface area contributed by atoms with E-state index in [0.717, 1.165) is 30.9 Å². The molecule has 0 saturated carbocycles. The van der Waals surface area contributed by atoms with E-state index < -0.39 is 0 Å². The largest absolute Gasteiger partial charge is 0.466 e. The molecule has 0 fully saturated rings. The zero-order valence-electron chi connectivity index (χ0n) is 13.0. The average molecular weight is 271 g/mol. The highest BCUT2D eigenvalue weighted by Gasteiger charge is 2.20. The molecule has 1 heterocycles. The van der Waals surface area contributed by atoms with Crippen LogP contribution in [-0.2, 0) is 6.42 Å². The van der Waals surface area contributed by atoms with Gasteiger partial charge in [0, 0.05) is 11.6 Å². The normalized spacial score (nSPS) is 12.6. The number of benzene rings is 1. The third-order valence-electron chi connectivity index (χ3n) is 3.98. The monoisotopic (exact) mass is 271 g/mol. The predicted molar refractivity (Wildman–Crippen MR) is 84.1 cm³/mol. The van der Waals surface area contributed by atoms with Crippen molar-refractivity contribution < 1.29 is 4.42 Å². The van der Waals surface area contributed by atoms with Crippen LogP contribution >= 0.6 is 0 Å². The van der Waals surface area contributed by atoms with Crippen molar-refractivity contribution in [1.82, 2.24) is 5.32 Å². The number of furan rings is 1. The van der Waals surface area contributed by atoms with Gasteiger partial charge in [0.25, 0.3) is 0 Å². The molecule has 1 unspecified atom stereocenters. The Bertz CT molecular complexity index is 542. The summed E-state index contributed by atoms with van der Waals surface area (Å²) in [5, 5.41) is 3.60. The zero-order chi connectivity index (χ0) is 14.5. The van der Waals surface area contributed by atoms with Gasteiger partial charge in [-0.3, -0.25) is 0 Å². The fourth-order valence-electron chi connectivity index (χ4n) is 2.87. The molecule has 0 spiro atoms. The van der Waals surface area contributed by atoms with Crippen LogP contribution in [0, 0.1) is 20.8 Å². The Hall–Kier alpha value is -1.54. The lowest BCUT2D eigenvalue weighted by Gasteiger charge is -2.18. The second-order valence-corrected chi connectivity index (χ2v) is 5.39. The summed E-state index contributed by atoms with van der Waals surface area (Å²) in [6.07, 6.45) is 2.18. The summed E-state index contributed by atoms with van der Waals surface area (Å²) in [5.41, 5.74) is 4.03. The minimum Gasteiger partial charge on any atom is -0.466 e. The Balaban J connectivity index is 2.14. The number of hydrogen-bond donors (Lipinski definition) is 1. The summed E-state index contributed by atoms with van der Waals surface area (Å²) in [7, 11) is 0. The molecule has 0 radical (unpaired) electrons. The van der Waals surface area contributed by atoms with Crippen molar-refractivity contribution in [2.45, 2.75) is 46.6 Å². The molecule has 0 aliphatic carbocycles. The first-order valence-corrected chi connectivity index (χ1v) is 7.47. The van der Waals surface area contributed by atoms with Gasteiger partial charge in [0.1, 0.15) is 11.5 Å². The molecule has 1 aromatic carbocycles. The van der Waals surface area contributed by atoms with Crippen LogP contribution in [-0.4, -0.2) is 6.54 Å². The molecular weight excluding hydrogens is 246 g/mol. The van der Waals surface area contributed by atoms with Gasteiger partial charge in [-0.15, -0.1) is 0 Å². The van der Waals surface area contributed by atoms with Gasteiger partial charge < -0.3 is 9.73 Å². The van der Waals surface area contributed by atoms with Crippen molar-refractivity contribution in [3.63, 3.8) is 0 Å². The molecule has 2 rings (SSSR count). The fraction of sp³-hybridized carbons (Fsp3) is 0.444. The van der Waals surface area contributed by atoms with Gasteiger partial charge in [-0.05, 0) is 51.3 Å². The van der Waals surface area contributed by atoms with E-state index in [0.29, 0.717) is 6.04 Å². The first-order valence-electron chi connectivity index (χ1n) is 7.47. The van der Waals surface area contributed by atoms with Gasteiger partial charge in [0.2, 0.25) is 0 Å². The van der Waals surface area contributed by atoms with Crippen LogP contribution in [0.25, 0.3) is 0 Å². The standard InChI is InChI=1S/C18H25NO/c1-5-19-17(12-11-16-9-7-6-8-10-16)18-13(2)14(3)20-15(18)4/h6-10,17,19H,5,11-12H2,1-4H3. The highest BCUT2D eigenvalue weighted by Crippen LogP contribution is 2.29. The first kappa shape index (κ1) is 14.9. The van der Waals surface area contributed by atoms with E-state index in [2.05, 4.69) is 56.4 Å². The van der Waals surface area contributed by atoms with Crippen LogP contribution in [0.1, 0.15) is 47.6 Å². The summed E-state index contributed by atoms with van der Waals surface area (Å²) in [6.45, 7) is 9.41. The van der Waals surface area contributed by atoms with Crippen LogP contribution in [0.5, 0.6) is 0 Å². The van der Waals surface area contributed by atoms with Gasteiger partial charge in [-0.25, -0.2) is 0 Å². The lowest BCUT2D eigenvalue weighted by atomic mass is 9.96. The maximum atomic E-state index is 5.78. The molecule has 108 valence electrons. The summed E-state index contributed by atoms with van der Waals surface area (Å²) in [4.78, 5) is 0. The fourth-order valence-corrected chi connectivity index (χ4v) is 2.87. The SMILES string of the molecule is CCNC(CCc1ccccc1)c1c(C)oc(C)c1C. The lowest BCUT2D eigenvalue weighted by molar-refractivity contribution is 0.474. The van der Waals surface area contributed by atoms with Crippen LogP contribution < -0.4 is 5.32 Å². The number of hydrogen-bond acceptors (Lipinski definition) is 2. The maximum absolute atomic E-state index is 5.78. The van der Waals surface area contributed by atoms with Gasteiger partial charge >= 0.3 is 0 Å². The van der Waals surface area contributed by atoms with Crippen LogP contribution in [0.4, 0.5) is 0 Å². The lowest BCUT2D eigenvalue weighted by Crippen LogP contribution is -2.22. The highest BCUT2D eigenvalue weighted by atomic mass is 16.3. The third-order valence-corrected chi connectivity index (χ3v) is 3.98. The average Bonchev–Trinajstić information content (AvgIpc) is 2.70. The van der Waals surface area contributed by atoms with Crippen LogP contribution in [0.2, 0.25) is 0 Å². The van der Waals surface area contributed by atoms with Crippen molar-refractivity contribution in [3.8, 4) is 0 Å². The quantitative estimate of drug-likeness (QED) is 0.837. The second kappa shape index (κ2) is 6.76. The van der Waals surface area contributed by atoms with Crippen LogP contribution in [0.3, 0.4) is 0 Å². The van der Waals surface area contributed by atoms with E-state index in [9.17, 15) is 0 Å². The number of rotatable bonds is 6. The van der Waals surface area contributed by atoms with E-state index >= 15 is 0 Å². The highest BCUT2D eigenvalue weighted by molar-refractivity contribution is 5.34. The van der Waals surface area contributed by atoms with E-state index in [-0.39, 0.29) is 0 Å². The topological polar surface area (TPSA) is 25.2 Å². The van der Waals surface area contributed by atoms with Crippen molar-refractivity contribution in [3.05, 3.63) is 58.5 Å². The Morgan fingerprint density at radius 3 is 2.30 bits per heavy atom. The number of nitrogens with one attached hydrogen (secondary N) is 1.